The first-order valence-corrected chi connectivity index (χ1v) is 14.9. The molecule has 0 spiro atoms. The number of rotatable bonds is 5. The van der Waals surface area contributed by atoms with Gasteiger partial charge >= 0.3 is 0 Å². The third kappa shape index (κ3) is 4.67. The van der Waals surface area contributed by atoms with Crippen LogP contribution in [0.2, 0.25) is 0 Å². The zero-order valence-electron chi connectivity index (χ0n) is 18.8. The van der Waals surface area contributed by atoms with Crippen molar-refractivity contribution >= 4 is 32.9 Å². The maximum Gasteiger partial charge on any atom is 0.250 e. The molecular weight excluding hydrogens is 462 g/mol. The summed E-state index contributed by atoms with van der Waals surface area (Å²) in [5.41, 5.74) is 0.744. The summed E-state index contributed by atoms with van der Waals surface area (Å²) in [5.74, 6) is 2.05. The smallest absolute Gasteiger partial charge is 0.250 e. The van der Waals surface area contributed by atoms with E-state index in [9.17, 15) is 8.42 Å². The van der Waals surface area contributed by atoms with Gasteiger partial charge in [-0.1, -0.05) is 11.4 Å². The monoisotopic (exact) mass is 495 g/mol. The molecule has 3 fully saturated rings. The first-order valence-electron chi connectivity index (χ1n) is 11.7. The predicted octanol–water partition coefficient (Wildman–Crippen LogP) is 3.38. The van der Waals surface area contributed by atoms with E-state index < -0.39 is 10.0 Å². The number of nitrogens with zero attached hydrogens (tertiary/aromatic N) is 4. The lowest BCUT2D eigenvalue weighted by atomic mass is 9.62. The first kappa shape index (κ1) is 22.9. The Hall–Kier alpha value is -0.910. The molecule has 2 aliphatic carbocycles. The number of sulfonamides is 1. The Bertz CT molecular complexity index is 1000. The van der Waals surface area contributed by atoms with Gasteiger partial charge in [0.15, 0.2) is 0 Å². The lowest BCUT2D eigenvalue weighted by Crippen LogP contribution is -2.56. The Morgan fingerprint density at radius 2 is 1.88 bits per heavy atom. The maximum atomic E-state index is 13.2. The van der Waals surface area contributed by atoms with Crippen LogP contribution < -0.4 is 4.72 Å². The second-order valence-corrected chi connectivity index (χ2v) is 13.5. The van der Waals surface area contributed by atoms with Crippen molar-refractivity contribution in [3.05, 3.63) is 17.5 Å². The lowest BCUT2D eigenvalue weighted by Gasteiger charge is -2.51. The Kier molecular flexibility index (Phi) is 6.70. The summed E-state index contributed by atoms with van der Waals surface area (Å²) in [6.07, 6.45) is 5.58. The van der Waals surface area contributed by atoms with Crippen molar-refractivity contribution in [3.8, 4) is 10.6 Å². The average molecular weight is 496 g/mol. The summed E-state index contributed by atoms with van der Waals surface area (Å²) in [6, 6.07) is 4.15. The van der Waals surface area contributed by atoms with Crippen molar-refractivity contribution in [3.63, 3.8) is 0 Å². The summed E-state index contributed by atoms with van der Waals surface area (Å²) in [6.45, 7) is 6.95. The van der Waals surface area contributed by atoms with Gasteiger partial charge in [-0.25, -0.2) is 13.1 Å². The molecule has 2 aromatic rings. The molecule has 2 aromatic heterocycles. The van der Waals surface area contributed by atoms with Crippen LogP contribution in [-0.2, 0) is 10.0 Å². The number of nitrogens with one attached hydrogen (secondary N) is 1. The van der Waals surface area contributed by atoms with Crippen molar-refractivity contribution in [2.75, 3.05) is 33.2 Å². The second-order valence-electron chi connectivity index (χ2n) is 9.83. The van der Waals surface area contributed by atoms with Gasteiger partial charge in [-0.05, 0) is 80.6 Å². The van der Waals surface area contributed by atoms with Crippen molar-refractivity contribution in [1.82, 2.24) is 24.1 Å². The highest BCUT2D eigenvalue weighted by molar-refractivity contribution is 7.91. The number of fused-ring (bicyclic) bond motifs is 1. The van der Waals surface area contributed by atoms with E-state index in [2.05, 4.69) is 38.1 Å². The largest absolute Gasteiger partial charge is 0.304 e. The van der Waals surface area contributed by atoms with Crippen LogP contribution in [0.5, 0.6) is 0 Å². The highest BCUT2D eigenvalue weighted by Crippen LogP contribution is 2.46. The fourth-order valence-corrected chi connectivity index (χ4v) is 9.20. The second kappa shape index (κ2) is 9.38. The molecular formula is C22H33N5O2S3. The Labute approximate surface area is 199 Å². The van der Waals surface area contributed by atoms with Gasteiger partial charge in [0, 0.05) is 43.6 Å². The molecule has 3 heterocycles. The van der Waals surface area contributed by atoms with Gasteiger partial charge in [0.05, 0.1) is 4.88 Å². The quantitative estimate of drug-likeness (QED) is 0.685. The van der Waals surface area contributed by atoms with Crippen LogP contribution in [0, 0.1) is 17.8 Å². The molecule has 0 bridgehead atoms. The van der Waals surface area contributed by atoms with Gasteiger partial charge in [-0.15, -0.1) is 16.4 Å². The third-order valence-corrected chi connectivity index (χ3v) is 11.5. The molecule has 2 saturated carbocycles. The number of hydrogen-bond acceptors (Lipinski definition) is 8. The van der Waals surface area contributed by atoms with E-state index in [0.29, 0.717) is 16.2 Å². The molecule has 5 rings (SSSR count). The Morgan fingerprint density at radius 1 is 1.06 bits per heavy atom. The minimum absolute atomic E-state index is 0.0213. The highest BCUT2D eigenvalue weighted by Gasteiger charge is 2.44. The van der Waals surface area contributed by atoms with Crippen LogP contribution in [0.4, 0.5) is 0 Å². The van der Waals surface area contributed by atoms with Crippen LogP contribution in [0.1, 0.15) is 39.0 Å². The minimum atomic E-state index is -3.53. The minimum Gasteiger partial charge on any atom is -0.304 e. The predicted molar refractivity (Wildman–Crippen MR) is 129 cm³/mol. The molecule has 3 aliphatic rings. The van der Waals surface area contributed by atoms with Crippen molar-refractivity contribution in [1.29, 1.82) is 0 Å². The van der Waals surface area contributed by atoms with E-state index >= 15 is 0 Å². The zero-order chi connectivity index (χ0) is 22.3. The molecule has 0 aromatic carbocycles. The number of thiophene rings is 1. The molecule has 0 amide bonds. The fourth-order valence-electron chi connectivity index (χ4n) is 6.11. The molecule has 7 nitrogen and oxygen atoms in total. The molecule has 1 aliphatic heterocycles. The number of likely N-dealkylation sites (N-methyl/N-ethyl adjacent to an activating group) is 1. The van der Waals surface area contributed by atoms with Gasteiger partial charge < -0.3 is 4.90 Å². The van der Waals surface area contributed by atoms with Crippen LogP contribution in [0.3, 0.4) is 0 Å². The molecule has 4 unspecified atom stereocenters. The SMILES string of the molecule is CC1CCC(N2CCN(C)CC2)C2C[C@H](NS(=O)(=O)c3ccc(-c4csnn4)s3)CCC12. The molecule has 10 heteroatoms. The average Bonchev–Trinajstić information content (AvgIpc) is 3.47. The van der Waals surface area contributed by atoms with Crippen LogP contribution >= 0.6 is 22.9 Å². The van der Waals surface area contributed by atoms with Gasteiger partial charge in [-0.3, -0.25) is 4.90 Å². The number of piperazine rings is 1. The van der Waals surface area contributed by atoms with Gasteiger partial charge in [-0.2, -0.15) is 0 Å². The van der Waals surface area contributed by atoms with E-state index in [1.54, 1.807) is 6.07 Å². The van der Waals surface area contributed by atoms with Crippen molar-refractivity contribution in [2.24, 2.45) is 17.8 Å². The normalized spacial score (nSPS) is 32.6. The zero-order valence-corrected chi connectivity index (χ0v) is 21.3. The molecule has 5 atom stereocenters. The van der Waals surface area contributed by atoms with E-state index in [4.69, 9.17) is 0 Å². The third-order valence-electron chi connectivity index (χ3n) is 7.89. The topological polar surface area (TPSA) is 78.4 Å². The molecule has 0 radical (unpaired) electrons. The molecule has 32 heavy (non-hydrogen) atoms. The van der Waals surface area contributed by atoms with E-state index in [-0.39, 0.29) is 6.04 Å². The van der Waals surface area contributed by atoms with Crippen molar-refractivity contribution in [2.45, 2.75) is 55.3 Å². The van der Waals surface area contributed by atoms with Crippen LogP contribution in [0.25, 0.3) is 10.6 Å². The summed E-state index contributed by atoms with van der Waals surface area (Å²) >= 11 is 2.55. The Morgan fingerprint density at radius 3 is 2.62 bits per heavy atom. The summed E-state index contributed by atoms with van der Waals surface area (Å²) in [4.78, 5) is 5.96. The van der Waals surface area contributed by atoms with Crippen LogP contribution in [0.15, 0.2) is 21.7 Å². The number of hydrogen-bond donors (Lipinski definition) is 1. The summed E-state index contributed by atoms with van der Waals surface area (Å²) in [5, 5.41) is 5.91. The van der Waals surface area contributed by atoms with E-state index in [1.165, 1.54) is 35.7 Å². The molecule has 1 N–H and O–H groups in total. The molecule has 176 valence electrons. The first-order chi connectivity index (χ1) is 15.4. The lowest BCUT2D eigenvalue weighted by molar-refractivity contribution is -0.0111. The summed E-state index contributed by atoms with van der Waals surface area (Å²) < 4.78 is 33.7. The Balaban J connectivity index is 1.29. The van der Waals surface area contributed by atoms with Crippen molar-refractivity contribution < 1.29 is 8.42 Å². The summed E-state index contributed by atoms with van der Waals surface area (Å²) in [7, 11) is -1.32. The van der Waals surface area contributed by atoms with Gasteiger partial charge in [0.1, 0.15) is 9.90 Å². The standard InChI is InChI=1S/C22H33N5O2S3/c1-15-3-6-20(27-11-9-26(2)10-12-27)18-13-16(4-5-17(15)18)24-32(28,29)22-8-7-21(31-22)19-14-30-25-23-19/h7-8,14-18,20,24H,3-6,9-13H2,1-2H3/t15?,16-,17?,18?,20?/m1/s1. The highest BCUT2D eigenvalue weighted by atomic mass is 32.2. The van der Waals surface area contributed by atoms with Gasteiger partial charge in [0.2, 0.25) is 10.0 Å². The van der Waals surface area contributed by atoms with Gasteiger partial charge in [0.25, 0.3) is 0 Å². The van der Waals surface area contributed by atoms with E-state index in [0.717, 1.165) is 67.8 Å². The maximum absolute atomic E-state index is 13.2. The van der Waals surface area contributed by atoms with E-state index in [1.807, 2.05) is 11.4 Å². The van der Waals surface area contributed by atoms with Crippen LogP contribution in [-0.4, -0.2) is 73.1 Å². The fraction of sp³-hybridized carbons (Fsp3) is 0.727. The number of aromatic nitrogens is 2. The molecule has 1 saturated heterocycles.